The van der Waals surface area contributed by atoms with E-state index < -0.39 is 0 Å². The molecule has 0 aliphatic carbocycles. The van der Waals surface area contributed by atoms with Gasteiger partial charge in [0.25, 0.3) is 0 Å². The van der Waals surface area contributed by atoms with Gasteiger partial charge in [0.2, 0.25) is 0 Å². The van der Waals surface area contributed by atoms with Gasteiger partial charge in [-0.3, -0.25) is 0 Å². The minimum atomic E-state index is -0.189. The second-order valence-electron chi connectivity index (χ2n) is 5.15. The molecule has 0 N–H and O–H groups in total. The molecule has 118 valence electrons. The van der Waals surface area contributed by atoms with Gasteiger partial charge in [-0.05, 0) is 36.8 Å². The first-order chi connectivity index (χ1) is 11.1. The molecule has 23 heavy (non-hydrogen) atoms. The van der Waals surface area contributed by atoms with Gasteiger partial charge in [0.05, 0.1) is 19.3 Å². The number of methoxy groups -OCH3 is 1. The van der Waals surface area contributed by atoms with Crippen LogP contribution in [0.1, 0.15) is 11.4 Å². The number of benzene rings is 2. The van der Waals surface area contributed by atoms with Crippen molar-refractivity contribution in [3.05, 3.63) is 75.4 Å². The summed E-state index contributed by atoms with van der Waals surface area (Å²) in [5.41, 5.74) is 1.51. The van der Waals surface area contributed by atoms with Crippen LogP contribution in [0.4, 0.5) is 0 Å². The van der Waals surface area contributed by atoms with Gasteiger partial charge in [-0.25, -0.2) is 14.0 Å². The highest BCUT2D eigenvalue weighted by molar-refractivity contribution is 6.30. The van der Waals surface area contributed by atoms with Crippen LogP contribution in [0.25, 0.3) is 5.69 Å². The Hall–Kier alpha value is -2.53. The fourth-order valence-corrected chi connectivity index (χ4v) is 2.55. The second kappa shape index (κ2) is 6.30. The minimum Gasteiger partial charge on any atom is -0.497 e. The molecular weight excluding hydrogens is 314 g/mol. The van der Waals surface area contributed by atoms with Crippen molar-refractivity contribution < 1.29 is 4.74 Å². The Morgan fingerprint density at radius 3 is 2.61 bits per heavy atom. The highest BCUT2D eigenvalue weighted by Crippen LogP contribution is 2.16. The molecule has 1 heterocycles. The van der Waals surface area contributed by atoms with Gasteiger partial charge in [-0.15, -0.1) is 0 Å². The smallest absolute Gasteiger partial charge is 0.350 e. The minimum absolute atomic E-state index is 0.189. The molecular formula is C17H16ClN3O2. The number of halogens is 1. The molecule has 0 aliphatic heterocycles. The number of rotatable bonds is 4. The summed E-state index contributed by atoms with van der Waals surface area (Å²) in [7, 11) is 1.60. The number of hydrogen-bond donors (Lipinski definition) is 0. The summed E-state index contributed by atoms with van der Waals surface area (Å²) in [5, 5.41) is 5.02. The zero-order valence-electron chi connectivity index (χ0n) is 12.9. The summed E-state index contributed by atoms with van der Waals surface area (Å²) < 4.78 is 8.23. The quantitative estimate of drug-likeness (QED) is 0.739. The Balaban J connectivity index is 1.99. The van der Waals surface area contributed by atoms with Crippen molar-refractivity contribution >= 4 is 11.6 Å². The molecule has 0 unspecified atom stereocenters. The molecule has 0 bridgehead atoms. The van der Waals surface area contributed by atoms with Crippen molar-refractivity contribution in [1.82, 2.24) is 14.3 Å². The molecule has 0 saturated heterocycles. The zero-order valence-corrected chi connectivity index (χ0v) is 13.6. The summed E-state index contributed by atoms with van der Waals surface area (Å²) in [4.78, 5) is 12.7. The summed E-state index contributed by atoms with van der Waals surface area (Å²) >= 11 is 5.88. The summed E-state index contributed by atoms with van der Waals surface area (Å²) in [6.07, 6.45) is 0. The molecule has 0 atom stereocenters. The predicted molar refractivity (Wildman–Crippen MR) is 89.7 cm³/mol. The lowest BCUT2D eigenvalue weighted by Gasteiger charge is -2.05. The van der Waals surface area contributed by atoms with E-state index in [0.29, 0.717) is 23.1 Å². The van der Waals surface area contributed by atoms with Gasteiger partial charge in [0, 0.05) is 11.1 Å². The maximum absolute atomic E-state index is 12.7. The maximum Gasteiger partial charge on any atom is 0.350 e. The van der Waals surface area contributed by atoms with Crippen LogP contribution in [0, 0.1) is 6.92 Å². The number of aryl methyl sites for hydroxylation is 1. The Labute approximate surface area is 138 Å². The lowest BCUT2D eigenvalue weighted by molar-refractivity contribution is 0.414. The molecule has 6 heteroatoms. The van der Waals surface area contributed by atoms with E-state index in [1.54, 1.807) is 30.7 Å². The number of ether oxygens (including phenoxy) is 1. The molecule has 3 aromatic rings. The number of hydrogen-bond acceptors (Lipinski definition) is 3. The number of nitrogens with zero attached hydrogens (tertiary/aromatic N) is 3. The molecule has 0 amide bonds. The maximum atomic E-state index is 12.7. The third-order valence-electron chi connectivity index (χ3n) is 3.56. The van der Waals surface area contributed by atoms with Crippen LogP contribution in [0.3, 0.4) is 0 Å². The third kappa shape index (κ3) is 3.14. The topological polar surface area (TPSA) is 49.0 Å². The van der Waals surface area contributed by atoms with Crippen LogP contribution < -0.4 is 10.4 Å². The first-order valence-corrected chi connectivity index (χ1v) is 7.51. The normalized spacial score (nSPS) is 10.7. The third-order valence-corrected chi connectivity index (χ3v) is 3.81. The number of aromatic nitrogens is 3. The van der Waals surface area contributed by atoms with E-state index in [2.05, 4.69) is 5.10 Å². The van der Waals surface area contributed by atoms with Crippen molar-refractivity contribution in [2.24, 2.45) is 0 Å². The molecule has 1 aromatic heterocycles. The lowest BCUT2D eigenvalue weighted by atomic mass is 10.2. The molecule has 0 spiro atoms. The van der Waals surface area contributed by atoms with E-state index >= 15 is 0 Å². The molecule has 0 aliphatic rings. The molecule has 0 saturated carbocycles. The summed E-state index contributed by atoms with van der Waals surface area (Å²) in [5.74, 6) is 1.32. The average Bonchev–Trinajstić information content (AvgIpc) is 2.83. The van der Waals surface area contributed by atoms with E-state index in [4.69, 9.17) is 16.3 Å². The molecule has 0 radical (unpaired) electrons. The van der Waals surface area contributed by atoms with E-state index in [-0.39, 0.29) is 5.69 Å². The van der Waals surface area contributed by atoms with Crippen molar-refractivity contribution in [2.75, 3.05) is 7.11 Å². The SMILES string of the molecule is COc1cccc(-n2c(C)nn(Cc3ccc(Cl)cc3)c2=O)c1. The van der Waals surface area contributed by atoms with Gasteiger partial charge in [-0.2, -0.15) is 5.10 Å². The summed E-state index contributed by atoms with van der Waals surface area (Å²) in [6.45, 7) is 2.20. The van der Waals surface area contributed by atoms with Crippen LogP contribution in [0.15, 0.2) is 53.3 Å². The van der Waals surface area contributed by atoms with Gasteiger partial charge in [0.15, 0.2) is 0 Å². The highest BCUT2D eigenvalue weighted by Gasteiger charge is 2.12. The second-order valence-corrected chi connectivity index (χ2v) is 5.59. The van der Waals surface area contributed by atoms with Crippen LogP contribution in [0.2, 0.25) is 5.02 Å². The largest absolute Gasteiger partial charge is 0.497 e. The van der Waals surface area contributed by atoms with E-state index in [1.165, 1.54) is 4.68 Å². The predicted octanol–water partition coefficient (Wildman–Crippen LogP) is 3.05. The Kier molecular flexibility index (Phi) is 4.21. The van der Waals surface area contributed by atoms with Crippen LogP contribution in [-0.4, -0.2) is 21.5 Å². The fraction of sp³-hybridized carbons (Fsp3) is 0.176. The monoisotopic (exact) mass is 329 g/mol. The average molecular weight is 330 g/mol. The van der Waals surface area contributed by atoms with Crippen molar-refractivity contribution in [1.29, 1.82) is 0 Å². The highest BCUT2D eigenvalue weighted by atomic mass is 35.5. The standard InChI is InChI=1S/C17H16ClN3O2/c1-12-19-20(11-13-6-8-14(18)9-7-13)17(22)21(12)15-4-3-5-16(10-15)23-2/h3-10H,11H2,1-2H3. The Morgan fingerprint density at radius 2 is 1.91 bits per heavy atom. The van der Waals surface area contributed by atoms with Gasteiger partial charge < -0.3 is 4.74 Å². The van der Waals surface area contributed by atoms with Crippen LogP contribution in [-0.2, 0) is 6.54 Å². The Bertz CT molecular complexity index is 882. The molecule has 3 rings (SSSR count). The van der Waals surface area contributed by atoms with Crippen molar-refractivity contribution in [2.45, 2.75) is 13.5 Å². The van der Waals surface area contributed by atoms with E-state index in [0.717, 1.165) is 11.3 Å². The first kappa shape index (κ1) is 15.4. The van der Waals surface area contributed by atoms with E-state index in [9.17, 15) is 4.79 Å². The van der Waals surface area contributed by atoms with E-state index in [1.807, 2.05) is 36.4 Å². The van der Waals surface area contributed by atoms with Gasteiger partial charge in [-0.1, -0.05) is 29.8 Å². The fourth-order valence-electron chi connectivity index (χ4n) is 2.43. The van der Waals surface area contributed by atoms with Crippen LogP contribution in [0.5, 0.6) is 5.75 Å². The Morgan fingerprint density at radius 1 is 1.17 bits per heavy atom. The summed E-state index contributed by atoms with van der Waals surface area (Å²) in [6, 6.07) is 14.7. The molecule has 2 aromatic carbocycles. The van der Waals surface area contributed by atoms with Crippen molar-refractivity contribution in [3.63, 3.8) is 0 Å². The lowest BCUT2D eigenvalue weighted by Crippen LogP contribution is -2.24. The molecule has 0 fully saturated rings. The zero-order chi connectivity index (χ0) is 16.4. The van der Waals surface area contributed by atoms with Crippen LogP contribution >= 0.6 is 11.6 Å². The van der Waals surface area contributed by atoms with Gasteiger partial charge in [0.1, 0.15) is 11.6 Å². The first-order valence-electron chi connectivity index (χ1n) is 7.14. The van der Waals surface area contributed by atoms with Gasteiger partial charge >= 0.3 is 5.69 Å². The van der Waals surface area contributed by atoms with Crippen molar-refractivity contribution in [3.8, 4) is 11.4 Å². The molecule has 5 nitrogen and oxygen atoms in total.